The van der Waals surface area contributed by atoms with E-state index in [0.717, 1.165) is 0 Å². The molecule has 0 heterocycles. The van der Waals surface area contributed by atoms with E-state index in [0.29, 0.717) is 0 Å². The maximum atomic E-state index is 13.5. The van der Waals surface area contributed by atoms with Crippen LogP contribution in [0.3, 0.4) is 0 Å². The van der Waals surface area contributed by atoms with Gasteiger partial charge >= 0.3 is 0 Å². The minimum absolute atomic E-state index is 0.144. The highest BCUT2D eigenvalue weighted by Crippen LogP contribution is 2.20. The second-order valence-electron chi connectivity index (χ2n) is 4.25. The molecule has 0 unspecified atom stereocenters. The molecule has 0 aliphatic heterocycles. The Morgan fingerprint density at radius 1 is 1.39 bits per heavy atom. The molecule has 6 heteroatoms. The lowest BCUT2D eigenvalue weighted by Gasteiger charge is -2.26. The van der Waals surface area contributed by atoms with Crippen LogP contribution in [0.4, 0.5) is 4.39 Å². The van der Waals surface area contributed by atoms with Crippen molar-refractivity contribution in [3.8, 4) is 0 Å². The van der Waals surface area contributed by atoms with Crippen LogP contribution in [0.1, 0.15) is 12.5 Å². The third-order valence-corrected chi connectivity index (χ3v) is 3.96. The van der Waals surface area contributed by atoms with Gasteiger partial charge in [-0.1, -0.05) is 17.7 Å². The van der Waals surface area contributed by atoms with Crippen LogP contribution in [-0.4, -0.2) is 23.2 Å². The minimum atomic E-state index is -0.710. The Morgan fingerprint density at radius 3 is 2.50 bits per heavy atom. The quantitative estimate of drug-likeness (QED) is 0.830. The molecule has 18 heavy (non-hydrogen) atoms. The fourth-order valence-electron chi connectivity index (χ4n) is 1.35. The van der Waals surface area contributed by atoms with Crippen LogP contribution in [0.25, 0.3) is 0 Å². The molecule has 1 aromatic carbocycles. The highest BCUT2D eigenvalue weighted by Gasteiger charge is 2.25. The lowest BCUT2D eigenvalue weighted by molar-refractivity contribution is -0.121. The molecule has 100 valence electrons. The van der Waals surface area contributed by atoms with Crippen LogP contribution in [0, 0.1) is 5.82 Å². The monoisotopic (exact) mass is 311 g/mol. The number of hydrogen-bond donors (Lipinski definition) is 1. The molecule has 0 bridgehead atoms. The van der Waals surface area contributed by atoms with Gasteiger partial charge in [-0.2, -0.15) is 0 Å². The lowest BCUT2D eigenvalue weighted by atomic mass is 10.1. The summed E-state index contributed by atoms with van der Waals surface area (Å²) in [7, 11) is 0. The molecule has 0 fully saturated rings. The zero-order valence-corrected chi connectivity index (χ0v) is 12.0. The fraction of sp³-hybridized carbons (Fsp3) is 0.417. The van der Waals surface area contributed by atoms with Gasteiger partial charge in [0.05, 0.1) is 12.0 Å². The predicted octanol–water partition coefficient (Wildman–Crippen LogP) is 3.37. The minimum Gasteiger partial charge on any atom is -0.348 e. The van der Waals surface area contributed by atoms with Crippen molar-refractivity contribution in [2.45, 2.75) is 18.9 Å². The molecule has 0 radical (unpaired) electrons. The Kier molecular flexibility index (Phi) is 5.70. The van der Waals surface area contributed by atoms with Gasteiger partial charge in [0.15, 0.2) is 0 Å². The number of hydrogen-bond acceptors (Lipinski definition) is 1. The molecule has 1 amide bonds. The van der Waals surface area contributed by atoms with Crippen LogP contribution in [0.5, 0.6) is 0 Å². The smallest absolute Gasteiger partial charge is 0.225 e. The summed E-state index contributed by atoms with van der Waals surface area (Å²) in [6.07, 6.45) is -0.144. The molecule has 1 aromatic rings. The topological polar surface area (TPSA) is 29.1 Å². The van der Waals surface area contributed by atoms with E-state index in [1.165, 1.54) is 18.2 Å². The van der Waals surface area contributed by atoms with E-state index in [1.54, 1.807) is 6.92 Å². The normalized spacial score (nSPS) is 11.4. The van der Waals surface area contributed by atoms with E-state index in [4.69, 9.17) is 34.8 Å². The number of amides is 1. The first-order valence-electron chi connectivity index (χ1n) is 5.27. The van der Waals surface area contributed by atoms with Crippen LogP contribution < -0.4 is 5.32 Å². The summed E-state index contributed by atoms with van der Waals surface area (Å²) in [6.45, 7) is 1.72. The van der Waals surface area contributed by atoms with Gasteiger partial charge in [0.1, 0.15) is 5.82 Å². The molecule has 2 nitrogen and oxygen atoms in total. The van der Waals surface area contributed by atoms with Crippen LogP contribution in [0.15, 0.2) is 18.2 Å². The van der Waals surface area contributed by atoms with Gasteiger partial charge in [-0.15, -0.1) is 23.2 Å². The number of benzene rings is 1. The highest BCUT2D eigenvalue weighted by molar-refractivity contribution is 6.31. The number of carbonyl (C=O) groups is 1. The Bertz CT molecular complexity index is 415. The summed E-state index contributed by atoms with van der Waals surface area (Å²) < 4.78 is 13.5. The van der Waals surface area contributed by atoms with Crippen molar-refractivity contribution >= 4 is 40.7 Å². The average Bonchev–Trinajstić information content (AvgIpc) is 2.34. The summed E-state index contributed by atoms with van der Waals surface area (Å²) in [5.41, 5.74) is -0.541. The summed E-state index contributed by atoms with van der Waals surface area (Å²) in [4.78, 5) is 11.8. The molecular weight excluding hydrogens is 299 g/mol. The molecule has 0 spiro atoms. The maximum absolute atomic E-state index is 13.5. The van der Waals surface area contributed by atoms with Crippen LogP contribution in [-0.2, 0) is 11.2 Å². The van der Waals surface area contributed by atoms with Crippen molar-refractivity contribution in [3.63, 3.8) is 0 Å². The van der Waals surface area contributed by atoms with Gasteiger partial charge in [0, 0.05) is 22.3 Å². The molecule has 0 atom stereocenters. The average molecular weight is 313 g/mol. The SMILES string of the molecule is CC(CCl)(CCl)NC(=O)Cc1c(F)cccc1Cl. The van der Waals surface area contributed by atoms with Crippen molar-refractivity contribution in [3.05, 3.63) is 34.6 Å². The Balaban J connectivity index is 2.77. The summed E-state index contributed by atoms with van der Waals surface area (Å²) in [5, 5.41) is 2.89. The summed E-state index contributed by atoms with van der Waals surface area (Å²) in [6, 6.07) is 4.28. The third-order valence-electron chi connectivity index (χ3n) is 2.43. The van der Waals surface area contributed by atoms with Crippen molar-refractivity contribution in [1.29, 1.82) is 0 Å². The van der Waals surface area contributed by atoms with E-state index < -0.39 is 11.4 Å². The number of alkyl halides is 2. The van der Waals surface area contributed by atoms with Crippen molar-refractivity contribution < 1.29 is 9.18 Å². The third kappa shape index (κ3) is 4.01. The van der Waals surface area contributed by atoms with E-state index in [2.05, 4.69) is 5.32 Å². The van der Waals surface area contributed by atoms with Gasteiger partial charge in [0.2, 0.25) is 5.91 Å². The molecule has 0 aromatic heterocycles. The van der Waals surface area contributed by atoms with Crippen molar-refractivity contribution in [2.75, 3.05) is 11.8 Å². The lowest BCUT2D eigenvalue weighted by Crippen LogP contribution is -2.49. The first-order valence-corrected chi connectivity index (χ1v) is 6.72. The summed E-state index contributed by atoms with van der Waals surface area (Å²) >= 11 is 17.3. The molecule has 1 rings (SSSR count). The van der Waals surface area contributed by atoms with Crippen LogP contribution >= 0.6 is 34.8 Å². The molecule has 0 aliphatic rings. The van der Waals surface area contributed by atoms with Gasteiger partial charge < -0.3 is 5.32 Å². The Morgan fingerprint density at radius 2 is 2.00 bits per heavy atom. The predicted molar refractivity (Wildman–Crippen MR) is 73.1 cm³/mol. The standard InChI is InChI=1S/C12H13Cl3FNO/c1-12(6-13,7-14)17-11(18)5-8-9(15)3-2-4-10(8)16/h2-4H,5-7H2,1H3,(H,17,18). The maximum Gasteiger partial charge on any atom is 0.225 e. The van der Waals surface area contributed by atoms with E-state index in [1.807, 2.05) is 0 Å². The Labute approximate surface area is 120 Å². The molecular formula is C12H13Cl3FNO. The molecule has 1 N–H and O–H groups in total. The van der Waals surface area contributed by atoms with Gasteiger partial charge in [-0.25, -0.2) is 4.39 Å². The zero-order chi connectivity index (χ0) is 13.8. The Hall–Kier alpha value is -0.510. The van der Waals surface area contributed by atoms with Gasteiger partial charge in [-0.05, 0) is 19.1 Å². The van der Waals surface area contributed by atoms with Gasteiger partial charge in [0.25, 0.3) is 0 Å². The van der Waals surface area contributed by atoms with Crippen molar-refractivity contribution in [1.82, 2.24) is 5.32 Å². The summed E-state index contributed by atoms with van der Waals surface area (Å²) in [5.74, 6) is -0.526. The number of halogens is 4. The van der Waals surface area contributed by atoms with E-state index in [-0.39, 0.29) is 34.7 Å². The van der Waals surface area contributed by atoms with E-state index in [9.17, 15) is 9.18 Å². The van der Waals surface area contributed by atoms with Crippen molar-refractivity contribution in [2.24, 2.45) is 0 Å². The second kappa shape index (κ2) is 6.60. The van der Waals surface area contributed by atoms with Gasteiger partial charge in [-0.3, -0.25) is 4.79 Å². The number of carbonyl (C=O) groups excluding carboxylic acids is 1. The van der Waals surface area contributed by atoms with Crippen LogP contribution in [0.2, 0.25) is 5.02 Å². The molecule has 0 saturated heterocycles. The zero-order valence-electron chi connectivity index (χ0n) is 9.77. The first-order chi connectivity index (χ1) is 8.41. The molecule has 0 aliphatic carbocycles. The second-order valence-corrected chi connectivity index (χ2v) is 5.19. The number of nitrogens with one attached hydrogen (secondary N) is 1. The largest absolute Gasteiger partial charge is 0.348 e. The highest BCUT2D eigenvalue weighted by atomic mass is 35.5. The first kappa shape index (κ1) is 15.5. The fourth-order valence-corrected chi connectivity index (χ4v) is 1.99. The number of rotatable bonds is 5. The molecule has 0 saturated carbocycles. The van der Waals surface area contributed by atoms with E-state index >= 15 is 0 Å².